The molecule has 0 amide bonds. The summed E-state index contributed by atoms with van der Waals surface area (Å²) >= 11 is 0. The van der Waals surface area contributed by atoms with E-state index in [1.54, 1.807) is 6.92 Å². The molecule has 5 rings (SSSR count). The van der Waals surface area contributed by atoms with Gasteiger partial charge >= 0.3 is 0 Å². The lowest BCUT2D eigenvalue weighted by Gasteiger charge is -2.34. The molecule has 1 saturated heterocycles. The molecule has 1 N–H and O–H groups in total. The highest BCUT2D eigenvalue weighted by atomic mass is 19.1. The summed E-state index contributed by atoms with van der Waals surface area (Å²) in [6.07, 6.45) is 2.00. The van der Waals surface area contributed by atoms with Gasteiger partial charge < -0.3 is 19.7 Å². The van der Waals surface area contributed by atoms with Crippen LogP contribution in [-0.4, -0.2) is 48.4 Å². The maximum atomic E-state index is 14.0. The quantitative estimate of drug-likeness (QED) is 0.691. The first-order valence-electron chi connectivity index (χ1n) is 10.9. The van der Waals surface area contributed by atoms with Gasteiger partial charge in [0, 0.05) is 37.1 Å². The van der Waals surface area contributed by atoms with Crippen molar-refractivity contribution in [3.63, 3.8) is 0 Å². The fraction of sp³-hybridized carbons (Fsp3) is 0.417. The molecule has 0 bridgehead atoms. The van der Waals surface area contributed by atoms with Crippen LogP contribution in [0.25, 0.3) is 10.9 Å². The number of ether oxygens (including phenoxy) is 2. The van der Waals surface area contributed by atoms with Crippen LogP contribution >= 0.6 is 0 Å². The number of nitrogens with one attached hydrogen (secondary N) is 1. The molecule has 0 spiro atoms. The maximum Gasteiger partial charge on any atom is 0.226 e. The molecule has 3 heterocycles. The average Bonchev–Trinajstić information content (AvgIpc) is 2.79. The number of fused-ring (bicyclic) bond motifs is 2. The van der Waals surface area contributed by atoms with Crippen LogP contribution < -0.4 is 19.7 Å². The van der Waals surface area contributed by atoms with Crippen LogP contribution in [0.5, 0.6) is 11.5 Å². The lowest BCUT2D eigenvalue weighted by molar-refractivity contribution is 0.0873. The van der Waals surface area contributed by atoms with Crippen LogP contribution in [0.2, 0.25) is 0 Å². The Bertz CT molecular complexity index is 1100. The number of nitrogens with zero attached hydrogens (tertiary/aromatic N) is 3. The minimum atomic E-state index is -0.226. The molecule has 0 radical (unpaired) electrons. The largest absolute Gasteiger partial charge is 0.486 e. The summed E-state index contributed by atoms with van der Waals surface area (Å²) in [5.41, 5.74) is 2.17. The Morgan fingerprint density at radius 1 is 1.10 bits per heavy atom. The Morgan fingerprint density at radius 3 is 2.68 bits per heavy atom. The zero-order chi connectivity index (χ0) is 21.4. The number of hydrogen-bond donors (Lipinski definition) is 1. The zero-order valence-corrected chi connectivity index (χ0v) is 17.9. The van der Waals surface area contributed by atoms with Crippen molar-refractivity contribution < 1.29 is 13.9 Å². The van der Waals surface area contributed by atoms with Crippen LogP contribution in [0.1, 0.15) is 24.1 Å². The minimum absolute atomic E-state index is 0.0118. The van der Waals surface area contributed by atoms with Crippen LogP contribution in [0, 0.1) is 19.7 Å². The summed E-state index contributed by atoms with van der Waals surface area (Å²) in [6, 6.07) is 11.5. The zero-order valence-electron chi connectivity index (χ0n) is 17.9. The third-order valence-corrected chi connectivity index (χ3v) is 6.13. The van der Waals surface area contributed by atoms with Crippen molar-refractivity contribution >= 4 is 16.9 Å². The van der Waals surface area contributed by atoms with Crippen molar-refractivity contribution in [1.29, 1.82) is 0 Å². The van der Waals surface area contributed by atoms with Crippen molar-refractivity contribution in [3.05, 3.63) is 53.5 Å². The molecule has 0 saturated carbocycles. The number of halogens is 1. The first-order chi connectivity index (χ1) is 15.1. The molecule has 1 unspecified atom stereocenters. The number of piperidine rings is 1. The molecular formula is C24H27FN4O2. The second-order valence-corrected chi connectivity index (χ2v) is 8.39. The van der Waals surface area contributed by atoms with E-state index in [1.165, 1.54) is 6.07 Å². The third kappa shape index (κ3) is 4.14. The minimum Gasteiger partial charge on any atom is -0.486 e. The third-order valence-electron chi connectivity index (χ3n) is 6.13. The van der Waals surface area contributed by atoms with E-state index in [1.807, 2.05) is 37.3 Å². The summed E-state index contributed by atoms with van der Waals surface area (Å²) in [7, 11) is 0. The molecule has 1 fully saturated rings. The van der Waals surface area contributed by atoms with E-state index in [-0.39, 0.29) is 11.9 Å². The SMILES string of the molecule is Cc1cc2c(C)nc(N3CCC(NCC4COc5ccccc5O4)CC3)nc2cc1F. The second kappa shape index (κ2) is 8.30. The fourth-order valence-electron chi connectivity index (χ4n) is 4.28. The molecule has 3 aromatic rings. The second-order valence-electron chi connectivity index (χ2n) is 8.39. The summed E-state index contributed by atoms with van der Waals surface area (Å²) < 4.78 is 25.9. The van der Waals surface area contributed by atoms with Gasteiger partial charge in [-0.1, -0.05) is 12.1 Å². The van der Waals surface area contributed by atoms with Gasteiger partial charge in [0.05, 0.1) is 11.2 Å². The number of anilines is 1. The first kappa shape index (κ1) is 20.0. The normalized spacial score (nSPS) is 19.1. The molecular weight excluding hydrogens is 395 g/mol. The molecule has 31 heavy (non-hydrogen) atoms. The van der Waals surface area contributed by atoms with Crippen LogP contribution in [0.4, 0.5) is 10.3 Å². The standard InChI is InChI=1S/C24H27FN4O2/c1-15-11-19-16(2)27-24(28-21(19)12-20(15)25)29-9-7-17(8-10-29)26-13-18-14-30-22-5-3-4-6-23(22)31-18/h3-6,11-12,17-18,26H,7-10,13-14H2,1-2H3. The van der Waals surface area contributed by atoms with E-state index in [9.17, 15) is 4.39 Å². The highest BCUT2D eigenvalue weighted by molar-refractivity contribution is 5.82. The van der Waals surface area contributed by atoms with Crippen LogP contribution in [0.3, 0.4) is 0 Å². The Hall–Kier alpha value is -2.93. The van der Waals surface area contributed by atoms with Gasteiger partial charge in [-0.05, 0) is 50.5 Å². The molecule has 7 heteroatoms. The van der Waals surface area contributed by atoms with Gasteiger partial charge in [0.2, 0.25) is 5.95 Å². The van der Waals surface area contributed by atoms with E-state index in [0.29, 0.717) is 29.7 Å². The van der Waals surface area contributed by atoms with E-state index >= 15 is 0 Å². The van der Waals surface area contributed by atoms with E-state index in [0.717, 1.165) is 55.1 Å². The Labute approximate surface area is 181 Å². The lowest BCUT2D eigenvalue weighted by Crippen LogP contribution is -2.47. The molecule has 1 aromatic heterocycles. The number of benzene rings is 2. The molecule has 0 aliphatic carbocycles. The summed E-state index contributed by atoms with van der Waals surface area (Å²) in [6.45, 7) is 6.77. The summed E-state index contributed by atoms with van der Waals surface area (Å²) in [4.78, 5) is 11.5. The number of aryl methyl sites for hydroxylation is 2. The van der Waals surface area contributed by atoms with Crippen molar-refractivity contribution in [3.8, 4) is 11.5 Å². The molecule has 162 valence electrons. The lowest BCUT2D eigenvalue weighted by atomic mass is 10.0. The van der Waals surface area contributed by atoms with E-state index < -0.39 is 0 Å². The van der Waals surface area contributed by atoms with Crippen molar-refractivity contribution in [2.45, 2.75) is 38.8 Å². The highest BCUT2D eigenvalue weighted by Gasteiger charge is 2.25. The molecule has 2 aliphatic heterocycles. The van der Waals surface area contributed by atoms with Crippen LogP contribution in [0.15, 0.2) is 36.4 Å². The molecule has 6 nitrogen and oxygen atoms in total. The van der Waals surface area contributed by atoms with Crippen molar-refractivity contribution in [2.24, 2.45) is 0 Å². The smallest absolute Gasteiger partial charge is 0.226 e. The van der Waals surface area contributed by atoms with Gasteiger partial charge in [0.1, 0.15) is 18.5 Å². The highest BCUT2D eigenvalue weighted by Crippen LogP contribution is 2.31. The van der Waals surface area contributed by atoms with E-state index in [4.69, 9.17) is 14.5 Å². The van der Waals surface area contributed by atoms with Gasteiger partial charge in [-0.15, -0.1) is 0 Å². The van der Waals surface area contributed by atoms with Gasteiger partial charge in [-0.25, -0.2) is 14.4 Å². The van der Waals surface area contributed by atoms with Crippen molar-refractivity contribution in [2.75, 3.05) is 31.1 Å². The van der Waals surface area contributed by atoms with E-state index in [2.05, 4.69) is 15.2 Å². The molecule has 2 aromatic carbocycles. The predicted octanol–water partition coefficient (Wildman–Crippen LogP) is 3.78. The summed E-state index contributed by atoms with van der Waals surface area (Å²) in [5, 5.41) is 4.54. The Kier molecular flexibility index (Phi) is 5.36. The number of rotatable bonds is 4. The average molecular weight is 423 g/mol. The monoisotopic (exact) mass is 422 g/mol. The van der Waals surface area contributed by atoms with Gasteiger partial charge in [0.15, 0.2) is 11.5 Å². The van der Waals surface area contributed by atoms with Crippen molar-refractivity contribution in [1.82, 2.24) is 15.3 Å². The maximum absolute atomic E-state index is 14.0. The van der Waals surface area contributed by atoms with Gasteiger partial charge in [-0.2, -0.15) is 0 Å². The van der Waals surface area contributed by atoms with Gasteiger partial charge in [0.25, 0.3) is 0 Å². The number of aromatic nitrogens is 2. The predicted molar refractivity (Wildman–Crippen MR) is 119 cm³/mol. The Balaban J connectivity index is 1.18. The summed E-state index contributed by atoms with van der Waals surface area (Å²) in [5.74, 6) is 2.09. The first-order valence-corrected chi connectivity index (χ1v) is 10.9. The molecule has 1 atom stereocenters. The fourth-order valence-corrected chi connectivity index (χ4v) is 4.28. The molecule has 2 aliphatic rings. The number of hydrogen-bond acceptors (Lipinski definition) is 6. The topological polar surface area (TPSA) is 59.5 Å². The van der Waals surface area contributed by atoms with Gasteiger partial charge in [-0.3, -0.25) is 0 Å². The number of para-hydroxylation sites is 2. The Morgan fingerprint density at radius 2 is 1.87 bits per heavy atom. The van der Waals surface area contributed by atoms with Crippen LogP contribution in [-0.2, 0) is 0 Å².